The largest absolute Gasteiger partial charge is 0.381 e. The van der Waals surface area contributed by atoms with E-state index in [-0.39, 0.29) is 0 Å². The van der Waals surface area contributed by atoms with Crippen LogP contribution < -0.4 is 5.32 Å². The van der Waals surface area contributed by atoms with E-state index in [2.05, 4.69) is 39.9 Å². The van der Waals surface area contributed by atoms with Crippen LogP contribution >= 0.6 is 0 Å². The SMILES string of the molecule is CC(C)CCCNC(=O)C1CCC(C)CC1.CCCCOCCC. The smallest absolute Gasteiger partial charge is 0.223 e. The Bertz CT molecular complexity index is 278. The van der Waals surface area contributed by atoms with Crippen molar-refractivity contribution in [3.63, 3.8) is 0 Å². The molecule has 0 unspecified atom stereocenters. The molecule has 0 aromatic rings. The van der Waals surface area contributed by atoms with Crippen LogP contribution in [0.3, 0.4) is 0 Å². The van der Waals surface area contributed by atoms with Gasteiger partial charge in [-0.05, 0) is 63.2 Å². The van der Waals surface area contributed by atoms with Gasteiger partial charge in [-0.3, -0.25) is 4.79 Å². The van der Waals surface area contributed by atoms with E-state index >= 15 is 0 Å². The Morgan fingerprint density at radius 1 is 1.04 bits per heavy atom. The molecule has 1 fully saturated rings. The minimum absolute atomic E-state index is 0.301. The van der Waals surface area contributed by atoms with E-state index in [1.165, 1.54) is 32.1 Å². The minimum atomic E-state index is 0.301. The maximum atomic E-state index is 11.8. The van der Waals surface area contributed by atoms with Crippen molar-refractivity contribution in [3.8, 4) is 0 Å². The number of nitrogens with one attached hydrogen (secondary N) is 1. The fourth-order valence-corrected chi connectivity index (χ4v) is 2.88. The molecule has 0 heterocycles. The van der Waals surface area contributed by atoms with Crippen LogP contribution in [-0.4, -0.2) is 25.7 Å². The van der Waals surface area contributed by atoms with Crippen molar-refractivity contribution in [3.05, 3.63) is 0 Å². The Balaban J connectivity index is 0.000000561. The van der Waals surface area contributed by atoms with Gasteiger partial charge in [-0.1, -0.05) is 41.0 Å². The molecule has 1 aliphatic carbocycles. The Labute approximate surface area is 151 Å². The van der Waals surface area contributed by atoms with Crippen molar-refractivity contribution in [1.82, 2.24) is 5.32 Å². The van der Waals surface area contributed by atoms with Gasteiger partial charge >= 0.3 is 0 Å². The first-order valence-electron chi connectivity index (χ1n) is 10.4. The van der Waals surface area contributed by atoms with Crippen LogP contribution in [0.5, 0.6) is 0 Å². The summed E-state index contributed by atoms with van der Waals surface area (Å²) < 4.78 is 5.22. The second-order valence-electron chi connectivity index (χ2n) is 7.75. The van der Waals surface area contributed by atoms with Crippen LogP contribution in [0.1, 0.15) is 92.4 Å². The maximum Gasteiger partial charge on any atom is 0.223 e. The Kier molecular flexibility index (Phi) is 15.6. The molecule has 24 heavy (non-hydrogen) atoms. The summed E-state index contributed by atoms with van der Waals surface area (Å²) in [6.07, 6.45) is 10.6. The summed E-state index contributed by atoms with van der Waals surface area (Å²) in [5, 5.41) is 3.08. The number of amides is 1. The maximum absolute atomic E-state index is 11.8. The molecule has 3 nitrogen and oxygen atoms in total. The molecule has 0 atom stereocenters. The van der Waals surface area contributed by atoms with Crippen LogP contribution in [-0.2, 0) is 9.53 Å². The van der Waals surface area contributed by atoms with Gasteiger partial charge in [0.2, 0.25) is 5.91 Å². The van der Waals surface area contributed by atoms with Crippen molar-refractivity contribution in [1.29, 1.82) is 0 Å². The lowest BCUT2D eigenvalue weighted by molar-refractivity contribution is -0.126. The standard InChI is InChI=1S/C14H27NO.C7H16O/c1-11(2)5-4-10-15-14(16)13-8-6-12(3)7-9-13;1-3-5-7-8-6-4-2/h11-13H,4-10H2,1-3H3,(H,15,16);3-7H2,1-2H3. The van der Waals surface area contributed by atoms with Crippen molar-refractivity contribution in [2.24, 2.45) is 17.8 Å². The van der Waals surface area contributed by atoms with Crippen LogP contribution in [0.15, 0.2) is 0 Å². The van der Waals surface area contributed by atoms with Crippen molar-refractivity contribution < 1.29 is 9.53 Å². The Morgan fingerprint density at radius 2 is 1.71 bits per heavy atom. The summed E-state index contributed by atoms with van der Waals surface area (Å²) >= 11 is 0. The van der Waals surface area contributed by atoms with E-state index in [0.717, 1.165) is 57.3 Å². The summed E-state index contributed by atoms with van der Waals surface area (Å²) in [7, 11) is 0. The molecule has 0 saturated heterocycles. The van der Waals surface area contributed by atoms with Gasteiger partial charge in [0.15, 0.2) is 0 Å². The summed E-state index contributed by atoms with van der Waals surface area (Å²) in [5.41, 5.74) is 0. The normalized spacial score (nSPS) is 20.4. The zero-order valence-corrected chi connectivity index (χ0v) is 17.0. The second kappa shape index (κ2) is 15.9. The Morgan fingerprint density at radius 3 is 2.25 bits per heavy atom. The Hall–Kier alpha value is -0.570. The lowest BCUT2D eigenvalue weighted by Gasteiger charge is -2.25. The molecule has 0 aliphatic heterocycles. The summed E-state index contributed by atoms with van der Waals surface area (Å²) in [6.45, 7) is 13.8. The van der Waals surface area contributed by atoms with Gasteiger partial charge < -0.3 is 10.1 Å². The van der Waals surface area contributed by atoms with Crippen LogP contribution in [0, 0.1) is 17.8 Å². The number of hydrogen-bond donors (Lipinski definition) is 1. The monoisotopic (exact) mass is 341 g/mol. The number of carbonyl (C=O) groups excluding carboxylic acids is 1. The van der Waals surface area contributed by atoms with E-state index in [1.54, 1.807) is 0 Å². The summed E-state index contributed by atoms with van der Waals surface area (Å²) in [4.78, 5) is 11.8. The van der Waals surface area contributed by atoms with Gasteiger partial charge in [0.05, 0.1) is 0 Å². The van der Waals surface area contributed by atoms with Gasteiger partial charge in [0.25, 0.3) is 0 Å². The van der Waals surface area contributed by atoms with Crippen molar-refractivity contribution in [2.75, 3.05) is 19.8 Å². The summed E-state index contributed by atoms with van der Waals surface area (Å²) in [6, 6.07) is 0. The van der Waals surface area contributed by atoms with Crippen LogP contribution in [0.2, 0.25) is 0 Å². The second-order valence-corrected chi connectivity index (χ2v) is 7.75. The average molecular weight is 342 g/mol. The topological polar surface area (TPSA) is 38.3 Å². The molecule has 1 aliphatic rings. The zero-order valence-electron chi connectivity index (χ0n) is 17.0. The molecule has 0 bridgehead atoms. The quantitative estimate of drug-likeness (QED) is 0.527. The number of hydrogen-bond acceptors (Lipinski definition) is 2. The molecule has 144 valence electrons. The molecule has 0 aromatic carbocycles. The first-order valence-corrected chi connectivity index (χ1v) is 10.4. The molecular formula is C21H43NO2. The van der Waals surface area contributed by atoms with Gasteiger partial charge in [0.1, 0.15) is 0 Å². The van der Waals surface area contributed by atoms with Crippen molar-refractivity contribution in [2.45, 2.75) is 92.4 Å². The number of carbonyl (C=O) groups is 1. The van der Waals surface area contributed by atoms with E-state index in [4.69, 9.17) is 4.74 Å². The van der Waals surface area contributed by atoms with E-state index in [0.29, 0.717) is 11.8 Å². The zero-order chi connectivity index (χ0) is 18.2. The fraction of sp³-hybridized carbons (Fsp3) is 0.952. The highest BCUT2D eigenvalue weighted by Gasteiger charge is 2.23. The van der Waals surface area contributed by atoms with Gasteiger partial charge in [-0.25, -0.2) is 0 Å². The summed E-state index contributed by atoms with van der Waals surface area (Å²) in [5.74, 6) is 2.17. The minimum Gasteiger partial charge on any atom is -0.381 e. The van der Waals surface area contributed by atoms with Crippen molar-refractivity contribution >= 4 is 5.91 Å². The molecule has 0 spiro atoms. The number of ether oxygens (including phenoxy) is 1. The van der Waals surface area contributed by atoms with Crippen LogP contribution in [0.4, 0.5) is 0 Å². The molecular weight excluding hydrogens is 298 g/mol. The highest BCUT2D eigenvalue weighted by atomic mass is 16.5. The molecule has 0 aromatic heterocycles. The van der Waals surface area contributed by atoms with E-state index in [1.807, 2.05) is 0 Å². The van der Waals surface area contributed by atoms with E-state index in [9.17, 15) is 4.79 Å². The molecule has 0 radical (unpaired) electrons. The van der Waals surface area contributed by atoms with Gasteiger partial charge in [-0.15, -0.1) is 0 Å². The fourth-order valence-electron chi connectivity index (χ4n) is 2.88. The van der Waals surface area contributed by atoms with Crippen LogP contribution in [0.25, 0.3) is 0 Å². The highest BCUT2D eigenvalue weighted by Crippen LogP contribution is 2.28. The molecule has 1 N–H and O–H groups in total. The van der Waals surface area contributed by atoms with E-state index < -0.39 is 0 Å². The predicted molar refractivity (Wildman–Crippen MR) is 104 cm³/mol. The number of rotatable bonds is 10. The van der Waals surface area contributed by atoms with Gasteiger partial charge in [-0.2, -0.15) is 0 Å². The third kappa shape index (κ3) is 13.8. The molecule has 1 saturated carbocycles. The average Bonchev–Trinajstić information content (AvgIpc) is 2.56. The lowest BCUT2D eigenvalue weighted by Crippen LogP contribution is -2.33. The molecule has 1 rings (SSSR count). The van der Waals surface area contributed by atoms with Gasteiger partial charge in [0, 0.05) is 25.7 Å². The lowest BCUT2D eigenvalue weighted by atomic mass is 9.82. The molecule has 1 amide bonds. The third-order valence-corrected chi connectivity index (χ3v) is 4.63. The predicted octanol–water partition coefficient (Wildman–Crippen LogP) is 5.58. The number of unbranched alkanes of at least 4 members (excludes halogenated alkanes) is 1. The first-order chi connectivity index (χ1) is 11.5. The highest BCUT2D eigenvalue weighted by molar-refractivity contribution is 5.78. The first kappa shape index (κ1) is 23.4. The third-order valence-electron chi connectivity index (χ3n) is 4.63. The molecule has 3 heteroatoms.